The van der Waals surface area contributed by atoms with Gasteiger partial charge in [0.1, 0.15) is 22.1 Å². The predicted molar refractivity (Wildman–Crippen MR) is 125 cm³/mol. The van der Waals surface area contributed by atoms with Gasteiger partial charge in [-0.15, -0.1) is 38.4 Å². The molecule has 16 heteroatoms. The second-order valence-electron chi connectivity index (χ2n) is 8.14. The number of carboxylic acid groups (broad SMARTS) is 1. The maximum atomic E-state index is 13.3. The lowest BCUT2D eigenvalue weighted by atomic mass is 10.00. The number of nitrogens with one attached hydrogen (secondary N) is 1. The molecule has 3 aromatic rings. The van der Waals surface area contributed by atoms with Gasteiger partial charge in [0.25, 0.3) is 0 Å². The Hall–Kier alpha value is -3.21. The largest absolute Gasteiger partial charge is 0.477 e. The minimum atomic E-state index is -4.64. The van der Waals surface area contributed by atoms with Gasteiger partial charge in [0.2, 0.25) is 5.91 Å². The fraction of sp³-hybridized carbons (Fsp3) is 0.333. The molecule has 2 aliphatic rings. The second-order valence-corrected chi connectivity index (χ2v) is 10.2. The number of aromatic nitrogens is 5. The Bertz CT molecular complexity index is 1400. The summed E-state index contributed by atoms with van der Waals surface area (Å²) in [6, 6.07) is 7.21. The van der Waals surface area contributed by atoms with Crippen LogP contribution in [0.25, 0.3) is 5.65 Å². The Morgan fingerprint density at radius 1 is 1.27 bits per heavy atom. The van der Waals surface area contributed by atoms with E-state index in [9.17, 15) is 33.0 Å². The van der Waals surface area contributed by atoms with Crippen molar-refractivity contribution in [2.45, 2.75) is 28.7 Å². The molecule has 3 atom stereocenters. The van der Waals surface area contributed by atoms with E-state index < -0.39 is 41.1 Å². The van der Waals surface area contributed by atoms with Crippen molar-refractivity contribution >= 4 is 41.0 Å². The van der Waals surface area contributed by atoms with Gasteiger partial charge in [0.05, 0.1) is 11.7 Å². The lowest BCUT2D eigenvalue weighted by Gasteiger charge is -2.50. The number of aliphatic hydroxyl groups is 1. The zero-order valence-corrected chi connectivity index (χ0v) is 20.3. The first-order chi connectivity index (χ1) is 17.6. The highest BCUT2D eigenvalue weighted by molar-refractivity contribution is 8.01. The summed E-state index contributed by atoms with van der Waals surface area (Å²) < 4.78 is 41.1. The minimum Gasteiger partial charge on any atom is -0.477 e. The van der Waals surface area contributed by atoms with E-state index in [4.69, 9.17) is 0 Å². The number of halogens is 3. The van der Waals surface area contributed by atoms with Gasteiger partial charge in [0, 0.05) is 18.1 Å². The van der Waals surface area contributed by atoms with Crippen LogP contribution in [0.4, 0.5) is 13.2 Å². The average molecular weight is 554 g/mol. The SMILES string of the molecule is O=C(O)C1=C(CSc2ccc3nnnn3n2)CS[C@H]2C(NCC(O)c3ccccc3C(F)(F)F)C(=O)N12. The van der Waals surface area contributed by atoms with E-state index in [-0.39, 0.29) is 23.6 Å². The lowest BCUT2D eigenvalue weighted by Crippen LogP contribution is -2.70. The van der Waals surface area contributed by atoms with Crippen molar-refractivity contribution in [3.05, 3.63) is 58.8 Å². The molecule has 0 radical (unpaired) electrons. The van der Waals surface area contributed by atoms with E-state index in [0.29, 0.717) is 22.0 Å². The van der Waals surface area contributed by atoms with Gasteiger partial charge < -0.3 is 15.5 Å². The number of hydrogen-bond acceptors (Lipinski definition) is 10. The molecule has 1 saturated heterocycles. The lowest BCUT2D eigenvalue weighted by molar-refractivity contribution is -0.149. The minimum absolute atomic E-state index is 0.120. The van der Waals surface area contributed by atoms with Crippen LogP contribution < -0.4 is 5.32 Å². The van der Waals surface area contributed by atoms with E-state index in [1.54, 1.807) is 12.1 Å². The average Bonchev–Trinajstić information content (AvgIpc) is 3.34. The van der Waals surface area contributed by atoms with Crippen LogP contribution in [0.15, 0.2) is 52.7 Å². The molecule has 194 valence electrons. The van der Waals surface area contributed by atoms with Crippen LogP contribution in [-0.2, 0) is 15.8 Å². The monoisotopic (exact) mass is 553 g/mol. The van der Waals surface area contributed by atoms with E-state index in [1.807, 2.05) is 0 Å². The Morgan fingerprint density at radius 2 is 2.05 bits per heavy atom. The van der Waals surface area contributed by atoms with Crippen molar-refractivity contribution < 1.29 is 33.0 Å². The van der Waals surface area contributed by atoms with Crippen molar-refractivity contribution in [2.75, 3.05) is 18.1 Å². The first kappa shape index (κ1) is 25.4. The number of carboxylic acids is 1. The number of hydrogen-bond donors (Lipinski definition) is 3. The topological polar surface area (TPSA) is 146 Å². The van der Waals surface area contributed by atoms with Crippen LogP contribution in [-0.4, -0.2) is 81.7 Å². The number of benzene rings is 1. The first-order valence-corrected chi connectivity index (χ1v) is 12.8. The molecular weight excluding hydrogens is 535 g/mol. The molecular formula is C21H18F3N7O4S2. The molecule has 1 amide bonds. The van der Waals surface area contributed by atoms with Gasteiger partial charge in [0.15, 0.2) is 5.65 Å². The van der Waals surface area contributed by atoms with Crippen LogP contribution in [0.1, 0.15) is 17.2 Å². The van der Waals surface area contributed by atoms with Gasteiger partial charge in [-0.1, -0.05) is 18.2 Å². The number of rotatable bonds is 8. The zero-order valence-electron chi connectivity index (χ0n) is 18.7. The van der Waals surface area contributed by atoms with Crippen molar-refractivity contribution in [1.82, 2.24) is 35.5 Å². The zero-order chi connectivity index (χ0) is 26.3. The van der Waals surface area contributed by atoms with Crippen LogP contribution in [0, 0.1) is 0 Å². The number of alkyl halides is 3. The van der Waals surface area contributed by atoms with Gasteiger partial charge in [-0.3, -0.25) is 9.69 Å². The highest BCUT2D eigenvalue weighted by Gasteiger charge is 2.53. The number of amides is 1. The van der Waals surface area contributed by atoms with Crippen molar-refractivity contribution in [2.24, 2.45) is 0 Å². The molecule has 1 fully saturated rings. The van der Waals surface area contributed by atoms with Crippen molar-refractivity contribution in [1.29, 1.82) is 0 Å². The number of aliphatic carboxylic acids is 1. The van der Waals surface area contributed by atoms with E-state index in [0.717, 1.165) is 6.07 Å². The summed E-state index contributed by atoms with van der Waals surface area (Å²) in [5.74, 6) is -1.19. The third kappa shape index (κ3) is 4.88. The molecule has 3 N–H and O–H groups in total. The molecule has 0 aliphatic carbocycles. The smallest absolute Gasteiger partial charge is 0.416 e. The third-order valence-corrected chi connectivity index (χ3v) is 8.19. The van der Waals surface area contributed by atoms with Gasteiger partial charge in [-0.25, -0.2) is 4.79 Å². The first-order valence-electron chi connectivity index (χ1n) is 10.8. The molecule has 0 bridgehead atoms. The second kappa shape index (κ2) is 9.92. The summed E-state index contributed by atoms with van der Waals surface area (Å²) in [5, 5.41) is 38.3. The highest BCUT2D eigenvalue weighted by Crippen LogP contribution is 2.42. The molecule has 4 heterocycles. The molecule has 1 aromatic carbocycles. The third-order valence-electron chi connectivity index (χ3n) is 5.85. The number of carbonyl (C=O) groups is 2. The van der Waals surface area contributed by atoms with Crippen LogP contribution in [0.5, 0.6) is 0 Å². The molecule has 2 unspecified atom stereocenters. The number of β-lactam (4-membered cyclic amide) rings is 1. The summed E-state index contributed by atoms with van der Waals surface area (Å²) in [6.07, 6.45) is -6.15. The fourth-order valence-electron chi connectivity index (χ4n) is 4.12. The van der Waals surface area contributed by atoms with E-state index >= 15 is 0 Å². The number of tetrazole rings is 1. The molecule has 0 saturated carbocycles. The Kier molecular flexibility index (Phi) is 6.82. The molecule has 37 heavy (non-hydrogen) atoms. The number of thioether (sulfide) groups is 2. The fourth-order valence-corrected chi connectivity index (χ4v) is 6.48. The number of aliphatic hydroxyl groups excluding tert-OH is 1. The molecule has 2 aliphatic heterocycles. The van der Waals surface area contributed by atoms with Crippen LogP contribution >= 0.6 is 23.5 Å². The molecule has 5 rings (SSSR count). The number of carbonyl (C=O) groups excluding carboxylic acids is 1. The van der Waals surface area contributed by atoms with Gasteiger partial charge in [-0.05, 0) is 39.8 Å². The Balaban J connectivity index is 1.26. The maximum Gasteiger partial charge on any atom is 0.416 e. The summed E-state index contributed by atoms with van der Waals surface area (Å²) in [5.41, 5.74) is -0.386. The Labute approximate surface area is 215 Å². The van der Waals surface area contributed by atoms with Gasteiger partial charge >= 0.3 is 12.1 Å². The summed E-state index contributed by atoms with van der Waals surface area (Å²) in [6.45, 7) is -0.311. The van der Waals surface area contributed by atoms with E-state index in [1.165, 1.54) is 51.3 Å². The van der Waals surface area contributed by atoms with Gasteiger partial charge in [-0.2, -0.15) is 13.2 Å². The van der Waals surface area contributed by atoms with E-state index in [2.05, 4.69) is 25.9 Å². The Morgan fingerprint density at radius 3 is 2.81 bits per heavy atom. The summed E-state index contributed by atoms with van der Waals surface area (Å²) >= 11 is 2.61. The maximum absolute atomic E-state index is 13.3. The standard InChI is InChI=1S/C21H18F3N7O4S2/c22-21(23,24)12-4-2-1-3-11(12)13(32)7-25-16-18(33)30-17(20(34)35)10(9-37-19(16)30)8-36-15-6-5-14-26-28-29-31(14)27-15/h1-6,13,16,19,25,32H,7-9H2,(H,34,35)/t13?,16?,19-/m0/s1. The number of fused-ring (bicyclic) bond motifs is 2. The van der Waals surface area contributed by atoms with Crippen molar-refractivity contribution in [3.8, 4) is 0 Å². The normalized spacial score (nSPS) is 20.6. The highest BCUT2D eigenvalue weighted by atomic mass is 32.2. The quantitative estimate of drug-likeness (QED) is 0.276. The molecule has 2 aromatic heterocycles. The predicted octanol–water partition coefficient (Wildman–Crippen LogP) is 1.58. The molecule has 11 nitrogen and oxygen atoms in total. The number of nitrogens with zero attached hydrogens (tertiary/aromatic N) is 6. The summed E-state index contributed by atoms with van der Waals surface area (Å²) in [4.78, 5) is 26.1. The molecule has 0 spiro atoms. The summed E-state index contributed by atoms with van der Waals surface area (Å²) in [7, 11) is 0. The van der Waals surface area contributed by atoms with Crippen molar-refractivity contribution in [3.63, 3.8) is 0 Å². The van der Waals surface area contributed by atoms with Crippen LogP contribution in [0.3, 0.4) is 0 Å². The van der Waals surface area contributed by atoms with Crippen LogP contribution in [0.2, 0.25) is 0 Å².